The molecule has 0 spiro atoms. The van der Waals surface area contributed by atoms with Crippen molar-refractivity contribution >= 4 is 11.0 Å². The van der Waals surface area contributed by atoms with Gasteiger partial charge in [0.05, 0.1) is 5.39 Å². The van der Waals surface area contributed by atoms with Gasteiger partial charge in [-0.2, -0.15) is 0 Å². The zero-order valence-electron chi connectivity index (χ0n) is 7.95. The van der Waals surface area contributed by atoms with Gasteiger partial charge in [0.1, 0.15) is 17.1 Å². The van der Waals surface area contributed by atoms with Crippen molar-refractivity contribution in [2.24, 2.45) is 0 Å². The van der Waals surface area contributed by atoms with Gasteiger partial charge in [0.2, 0.25) is 0 Å². The Morgan fingerprint density at radius 3 is 2.79 bits per heavy atom. The highest BCUT2D eigenvalue weighted by molar-refractivity contribution is 5.86. The standard InChI is InChI=1S/C11H12O3/c1-2-3-9-11(13)8-5-4-7(12)6-10(8)14-9/h4-6,12-13H,2-3H2,1H3. The van der Waals surface area contributed by atoms with Crippen LogP contribution in [0.3, 0.4) is 0 Å². The Kier molecular flexibility index (Phi) is 2.08. The van der Waals surface area contributed by atoms with Gasteiger partial charge in [-0.15, -0.1) is 0 Å². The van der Waals surface area contributed by atoms with Crippen molar-refractivity contribution < 1.29 is 14.6 Å². The van der Waals surface area contributed by atoms with Crippen molar-refractivity contribution in [1.29, 1.82) is 0 Å². The molecule has 2 N–H and O–H groups in total. The van der Waals surface area contributed by atoms with Crippen molar-refractivity contribution in [2.75, 3.05) is 0 Å². The SMILES string of the molecule is CCCc1oc2cc(O)ccc2c1O. The summed E-state index contributed by atoms with van der Waals surface area (Å²) in [6, 6.07) is 4.70. The molecule has 1 aromatic carbocycles. The van der Waals surface area contributed by atoms with E-state index < -0.39 is 0 Å². The van der Waals surface area contributed by atoms with Crippen LogP contribution in [-0.4, -0.2) is 10.2 Å². The molecule has 0 saturated heterocycles. The second kappa shape index (κ2) is 3.25. The van der Waals surface area contributed by atoms with E-state index in [-0.39, 0.29) is 11.5 Å². The molecule has 0 bridgehead atoms. The quantitative estimate of drug-likeness (QED) is 0.769. The molecule has 0 aliphatic carbocycles. The van der Waals surface area contributed by atoms with Crippen LogP contribution in [0.2, 0.25) is 0 Å². The first kappa shape index (κ1) is 8.94. The summed E-state index contributed by atoms with van der Waals surface area (Å²) >= 11 is 0. The number of hydrogen-bond acceptors (Lipinski definition) is 3. The molecule has 0 atom stereocenters. The van der Waals surface area contributed by atoms with Crippen molar-refractivity contribution in [3.8, 4) is 11.5 Å². The van der Waals surface area contributed by atoms with E-state index in [1.54, 1.807) is 6.07 Å². The fourth-order valence-corrected chi connectivity index (χ4v) is 1.52. The van der Waals surface area contributed by atoms with Crippen LogP contribution in [0.4, 0.5) is 0 Å². The van der Waals surface area contributed by atoms with Crippen molar-refractivity contribution in [2.45, 2.75) is 19.8 Å². The van der Waals surface area contributed by atoms with Gasteiger partial charge in [-0.3, -0.25) is 0 Å². The Bertz CT molecular complexity index is 457. The average molecular weight is 192 g/mol. The lowest BCUT2D eigenvalue weighted by Crippen LogP contribution is -1.77. The molecule has 0 unspecified atom stereocenters. The number of phenolic OH excluding ortho intramolecular Hbond substituents is 1. The van der Waals surface area contributed by atoms with E-state index >= 15 is 0 Å². The smallest absolute Gasteiger partial charge is 0.165 e. The molecular weight excluding hydrogens is 180 g/mol. The van der Waals surface area contributed by atoms with Crippen LogP contribution in [0, 0.1) is 0 Å². The van der Waals surface area contributed by atoms with Crippen LogP contribution < -0.4 is 0 Å². The summed E-state index contributed by atoms with van der Waals surface area (Å²) < 4.78 is 5.41. The molecule has 2 rings (SSSR count). The predicted molar refractivity (Wildman–Crippen MR) is 53.5 cm³/mol. The van der Waals surface area contributed by atoms with Gasteiger partial charge in [0, 0.05) is 12.5 Å². The molecule has 0 saturated carbocycles. The van der Waals surface area contributed by atoms with Gasteiger partial charge >= 0.3 is 0 Å². The molecule has 2 aromatic rings. The van der Waals surface area contributed by atoms with Gasteiger partial charge in [0.25, 0.3) is 0 Å². The first-order valence-electron chi connectivity index (χ1n) is 4.65. The Hall–Kier alpha value is -1.64. The number of furan rings is 1. The summed E-state index contributed by atoms with van der Waals surface area (Å²) in [4.78, 5) is 0. The molecule has 0 aliphatic rings. The number of fused-ring (bicyclic) bond motifs is 1. The third-order valence-electron chi connectivity index (χ3n) is 2.19. The van der Waals surface area contributed by atoms with Crippen LogP contribution in [-0.2, 0) is 6.42 Å². The number of hydrogen-bond donors (Lipinski definition) is 2. The summed E-state index contributed by atoms with van der Waals surface area (Å²) in [5, 5.41) is 19.6. The van der Waals surface area contributed by atoms with Crippen LogP contribution in [0.1, 0.15) is 19.1 Å². The highest BCUT2D eigenvalue weighted by Crippen LogP contribution is 2.34. The Morgan fingerprint density at radius 1 is 1.29 bits per heavy atom. The van der Waals surface area contributed by atoms with Crippen LogP contribution in [0.25, 0.3) is 11.0 Å². The maximum absolute atomic E-state index is 9.74. The number of benzene rings is 1. The summed E-state index contributed by atoms with van der Waals surface area (Å²) in [7, 11) is 0. The number of aryl methyl sites for hydroxylation is 1. The average Bonchev–Trinajstić information content (AvgIpc) is 2.44. The maximum atomic E-state index is 9.74. The van der Waals surface area contributed by atoms with Gasteiger partial charge < -0.3 is 14.6 Å². The summed E-state index contributed by atoms with van der Waals surface area (Å²) in [5.74, 6) is 0.934. The second-order valence-electron chi connectivity index (χ2n) is 3.30. The van der Waals surface area contributed by atoms with E-state index in [4.69, 9.17) is 4.42 Å². The lowest BCUT2D eigenvalue weighted by atomic mass is 10.2. The third kappa shape index (κ3) is 1.31. The van der Waals surface area contributed by atoms with Crippen LogP contribution in [0.5, 0.6) is 11.5 Å². The minimum atomic E-state index is 0.147. The van der Waals surface area contributed by atoms with Gasteiger partial charge in [-0.1, -0.05) is 6.92 Å². The highest BCUT2D eigenvalue weighted by atomic mass is 16.4. The fraction of sp³-hybridized carbons (Fsp3) is 0.273. The molecule has 1 aromatic heterocycles. The lowest BCUT2D eigenvalue weighted by Gasteiger charge is -1.91. The van der Waals surface area contributed by atoms with Crippen molar-refractivity contribution in [3.63, 3.8) is 0 Å². The Morgan fingerprint density at radius 2 is 2.07 bits per heavy atom. The number of rotatable bonds is 2. The molecule has 1 heterocycles. The fourth-order valence-electron chi connectivity index (χ4n) is 1.52. The molecule has 0 aliphatic heterocycles. The molecule has 74 valence electrons. The van der Waals surface area contributed by atoms with Gasteiger partial charge in [-0.25, -0.2) is 0 Å². The zero-order chi connectivity index (χ0) is 10.1. The first-order valence-corrected chi connectivity index (χ1v) is 4.65. The molecule has 0 radical (unpaired) electrons. The minimum absolute atomic E-state index is 0.147. The van der Waals surface area contributed by atoms with E-state index in [2.05, 4.69) is 0 Å². The monoisotopic (exact) mass is 192 g/mol. The molecule has 3 heteroatoms. The summed E-state index contributed by atoms with van der Waals surface area (Å²) in [6.45, 7) is 2.02. The predicted octanol–water partition coefficient (Wildman–Crippen LogP) is 2.80. The second-order valence-corrected chi connectivity index (χ2v) is 3.30. The van der Waals surface area contributed by atoms with Gasteiger partial charge in [-0.05, 0) is 18.6 Å². The third-order valence-corrected chi connectivity index (χ3v) is 2.19. The highest BCUT2D eigenvalue weighted by Gasteiger charge is 2.12. The summed E-state index contributed by atoms with van der Waals surface area (Å²) in [5.41, 5.74) is 0.533. The topological polar surface area (TPSA) is 53.6 Å². The van der Waals surface area contributed by atoms with Crippen molar-refractivity contribution in [1.82, 2.24) is 0 Å². The molecule has 0 amide bonds. The molecular formula is C11H12O3. The normalized spacial score (nSPS) is 10.9. The molecule has 0 fully saturated rings. The van der Waals surface area contributed by atoms with E-state index in [1.165, 1.54) is 12.1 Å². The Balaban J connectivity index is 2.61. The molecule has 3 nitrogen and oxygen atoms in total. The maximum Gasteiger partial charge on any atom is 0.165 e. The van der Waals surface area contributed by atoms with Crippen LogP contribution in [0.15, 0.2) is 22.6 Å². The van der Waals surface area contributed by atoms with E-state index in [9.17, 15) is 10.2 Å². The minimum Gasteiger partial charge on any atom is -0.508 e. The van der Waals surface area contributed by atoms with E-state index in [1.807, 2.05) is 6.92 Å². The largest absolute Gasteiger partial charge is 0.508 e. The van der Waals surface area contributed by atoms with Gasteiger partial charge in [0.15, 0.2) is 5.75 Å². The first-order chi connectivity index (χ1) is 6.72. The zero-order valence-corrected chi connectivity index (χ0v) is 7.95. The van der Waals surface area contributed by atoms with E-state index in [0.29, 0.717) is 23.2 Å². The van der Waals surface area contributed by atoms with Crippen molar-refractivity contribution in [3.05, 3.63) is 24.0 Å². The summed E-state index contributed by atoms with van der Waals surface area (Å²) in [6.07, 6.45) is 1.63. The lowest BCUT2D eigenvalue weighted by molar-refractivity contribution is 0.438. The number of aromatic hydroxyl groups is 2. The Labute approximate surface area is 81.6 Å². The number of phenols is 1. The van der Waals surface area contributed by atoms with E-state index in [0.717, 1.165) is 6.42 Å². The molecule has 14 heavy (non-hydrogen) atoms. The van der Waals surface area contributed by atoms with Crippen LogP contribution >= 0.6 is 0 Å².